The molecule has 3 aromatic carbocycles. The lowest BCUT2D eigenvalue weighted by Gasteiger charge is -2.36. The van der Waals surface area contributed by atoms with Crippen molar-refractivity contribution in [2.24, 2.45) is 10.8 Å². The number of ether oxygens (including phenoxy) is 6. The van der Waals surface area contributed by atoms with Gasteiger partial charge in [-0.15, -0.1) is 0 Å². The molecule has 2 amide bonds. The first kappa shape index (κ1) is 59.6. The number of carbonyl (C=O) groups excluding carboxylic acids is 7. The number of likely N-dealkylation sites (tertiary alicyclic amines) is 2. The van der Waals surface area contributed by atoms with E-state index in [1.165, 1.54) is 9.80 Å². The molecule has 2 aliphatic rings. The van der Waals surface area contributed by atoms with Crippen LogP contribution in [0.5, 0.6) is 23.0 Å². The van der Waals surface area contributed by atoms with Gasteiger partial charge in [0.05, 0.1) is 39.4 Å². The van der Waals surface area contributed by atoms with Crippen molar-refractivity contribution in [1.29, 1.82) is 0 Å². The molecule has 2 saturated heterocycles. The second-order valence-corrected chi connectivity index (χ2v) is 21.2. The van der Waals surface area contributed by atoms with Gasteiger partial charge in [0.15, 0.2) is 17.3 Å². The van der Waals surface area contributed by atoms with Crippen molar-refractivity contribution in [1.82, 2.24) is 9.80 Å². The third-order valence-electron chi connectivity index (χ3n) is 14.7. The highest BCUT2D eigenvalue weighted by Gasteiger charge is 2.43. The number of amides is 2. The Morgan fingerprint density at radius 2 is 1.24 bits per heavy atom. The molecular formula is C60H82N2O13. The number of hydrogen-bond acceptors (Lipinski definition) is 13. The standard InChI is InChI=1S/C60H82N2O13/c1-9-59(2,3)54(65)56(67)62-36-21-19-30-47(62)58(69)75-49(34-33-42-24-13-12-14-25-42)44-27-23-28-45(40-44)73-37-22-11-10-15-32-52(64)74-41-60(4,5)55(66)57(68)61-35-20-18-29-46(61)48(63)31-17-16-26-43-38-50(70-6)53(72-8)51(39-43)71-7/h12-14,23-25,27-28,38-40,46-47,49H,9-11,15-22,26,29-37,41H2,1-8H3. The van der Waals surface area contributed by atoms with Gasteiger partial charge in [-0.3, -0.25) is 28.8 Å². The van der Waals surface area contributed by atoms with Gasteiger partial charge in [0, 0.05) is 31.3 Å². The fourth-order valence-corrected chi connectivity index (χ4v) is 9.58. The lowest BCUT2D eigenvalue weighted by atomic mass is 9.84. The van der Waals surface area contributed by atoms with E-state index in [0.29, 0.717) is 107 Å². The molecule has 15 nitrogen and oxygen atoms in total. The van der Waals surface area contributed by atoms with Gasteiger partial charge < -0.3 is 38.2 Å². The number of nitrogens with zero attached hydrogens (tertiary/aromatic N) is 2. The van der Waals surface area contributed by atoms with E-state index in [2.05, 4.69) is 0 Å². The lowest BCUT2D eigenvalue weighted by molar-refractivity contribution is -0.164. The van der Waals surface area contributed by atoms with Crippen molar-refractivity contribution >= 4 is 41.1 Å². The zero-order valence-electron chi connectivity index (χ0n) is 45.8. The average Bonchev–Trinajstić information content (AvgIpc) is 3.43. The first-order valence-corrected chi connectivity index (χ1v) is 27.1. The number of methoxy groups -OCH3 is 3. The number of piperidine rings is 2. The quantitative estimate of drug-likeness (QED) is 0.0350. The molecule has 0 bridgehead atoms. The van der Waals surface area contributed by atoms with Gasteiger partial charge >= 0.3 is 11.9 Å². The summed E-state index contributed by atoms with van der Waals surface area (Å²) in [6, 6.07) is 19.7. The molecule has 5 rings (SSSR count). The zero-order valence-corrected chi connectivity index (χ0v) is 45.8. The summed E-state index contributed by atoms with van der Waals surface area (Å²) in [4.78, 5) is 97.1. The number of ketones is 3. The Balaban J connectivity index is 1.04. The van der Waals surface area contributed by atoms with Crippen LogP contribution < -0.4 is 18.9 Å². The first-order valence-electron chi connectivity index (χ1n) is 27.1. The summed E-state index contributed by atoms with van der Waals surface area (Å²) in [5.74, 6) is -1.29. The van der Waals surface area contributed by atoms with Gasteiger partial charge in [-0.1, -0.05) is 76.1 Å². The molecular weight excluding hydrogens is 957 g/mol. The van der Waals surface area contributed by atoms with Crippen LogP contribution in [0.25, 0.3) is 0 Å². The third-order valence-corrected chi connectivity index (χ3v) is 14.7. The van der Waals surface area contributed by atoms with Gasteiger partial charge in [0.25, 0.3) is 11.8 Å². The number of Topliss-reactive ketones (excluding diaryl/α,β-unsaturated/α-hetero) is 3. The number of carbonyl (C=O) groups is 7. The monoisotopic (exact) mass is 1040 g/mol. The lowest BCUT2D eigenvalue weighted by Crippen LogP contribution is -2.53. The molecule has 0 N–H and O–H groups in total. The Labute approximate surface area is 444 Å². The molecule has 0 spiro atoms. The van der Waals surface area contributed by atoms with Crippen LogP contribution in [0.1, 0.15) is 160 Å². The summed E-state index contributed by atoms with van der Waals surface area (Å²) in [6.45, 7) is 9.38. The highest BCUT2D eigenvalue weighted by Crippen LogP contribution is 2.39. The zero-order chi connectivity index (χ0) is 54.5. The third kappa shape index (κ3) is 17.1. The average molecular weight is 1040 g/mol. The molecule has 3 aromatic rings. The minimum absolute atomic E-state index is 0.0599. The molecule has 2 aliphatic heterocycles. The number of unbranched alkanes of at least 4 members (excludes halogenated alkanes) is 4. The fourth-order valence-electron chi connectivity index (χ4n) is 9.58. The van der Waals surface area contributed by atoms with Crippen LogP contribution in [-0.4, -0.2) is 111 Å². The van der Waals surface area contributed by atoms with Crippen molar-refractivity contribution in [3.63, 3.8) is 0 Å². The van der Waals surface area contributed by atoms with Crippen molar-refractivity contribution in [2.45, 2.75) is 168 Å². The van der Waals surface area contributed by atoms with Crippen LogP contribution in [0.3, 0.4) is 0 Å². The molecule has 0 radical (unpaired) electrons. The Bertz CT molecular complexity index is 2370. The smallest absolute Gasteiger partial charge is 0.329 e. The van der Waals surface area contributed by atoms with E-state index in [4.69, 9.17) is 28.4 Å². The maximum atomic E-state index is 14.0. The van der Waals surface area contributed by atoms with Crippen LogP contribution in [-0.2, 0) is 55.9 Å². The minimum atomic E-state index is -1.28. The van der Waals surface area contributed by atoms with E-state index in [1.54, 1.807) is 49.0 Å². The van der Waals surface area contributed by atoms with Gasteiger partial charge in [-0.05, 0) is 145 Å². The number of rotatable bonds is 30. The van der Waals surface area contributed by atoms with Crippen molar-refractivity contribution in [2.75, 3.05) is 47.6 Å². The fraction of sp³-hybridized carbons (Fsp3) is 0.583. The molecule has 3 atom stereocenters. The Morgan fingerprint density at radius 3 is 1.88 bits per heavy atom. The van der Waals surface area contributed by atoms with Crippen LogP contribution in [0.15, 0.2) is 66.7 Å². The molecule has 0 aromatic heterocycles. The Hall–Kier alpha value is -6.25. The summed E-state index contributed by atoms with van der Waals surface area (Å²) < 4.78 is 34.3. The van der Waals surface area contributed by atoms with E-state index in [-0.39, 0.29) is 25.2 Å². The van der Waals surface area contributed by atoms with Gasteiger partial charge in [-0.25, -0.2) is 4.79 Å². The number of aryl methyl sites for hydroxylation is 2. The van der Waals surface area contributed by atoms with E-state index in [9.17, 15) is 33.6 Å². The van der Waals surface area contributed by atoms with Crippen LogP contribution in [0, 0.1) is 10.8 Å². The van der Waals surface area contributed by atoms with E-state index >= 15 is 0 Å². The molecule has 15 heteroatoms. The van der Waals surface area contributed by atoms with Crippen LogP contribution >= 0.6 is 0 Å². The summed E-state index contributed by atoms with van der Waals surface area (Å²) in [5, 5.41) is 0. The second-order valence-electron chi connectivity index (χ2n) is 21.2. The predicted molar refractivity (Wildman–Crippen MR) is 285 cm³/mol. The SMILES string of the molecule is CCC(C)(C)C(=O)C(=O)N1CCCCC1C(=O)OC(CCc1ccccc1)c1cccc(OCCCCCCC(=O)OCC(C)(C)C(=O)C(=O)N2CCCCC2C(=O)CCCCc2cc(OC)c(OC)c(OC)c2)c1. The highest BCUT2D eigenvalue weighted by molar-refractivity contribution is 6.38. The summed E-state index contributed by atoms with van der Waals surface area (Å²) in [7, 11) is 4.68. The molecule has 2 heterocycles. The number of benzene rings is 3. The summed E-state index contributed by atoms with van der Waals surface area (Å²) >= 11 is 0. The van der Waals surface area contributed by atoms with Crippen molar-refractivity contribution < 1.29 is 62.0 Å². The number of hydrogen-bond donors (Lipinski definition) is 0. The van der Waals surface area contributed by atoms with Crippen LogP contribution in [0.4, 0.5) is 0 Å². The first-order chi connectivity index (χ1) is 35.9. The molecule has 3 unspecified atom stereocenters. The molecule has 75 heavy (non-hydrogen) atoms. The highest BCUT2D eigenvalue weighted by atomic mass is 16.5. The summed E-state index contributed by atoms with van der Waals surface area (Å²) in [6.07, 6.45) is 10.2. The van der Waals surface area contributed by atoms with E-state index in [1.807, 2.05) is 73.7 Å². The molecule has 0 saturated carbocycles. The van der Waals surface area contributed by atoms with Crippen molar-refractivity contribution in [3.8, 4) is 23.0 Å². The maximum Gasteiger partial charge on any atom is 0.329 e. The molecule has 0 aliphatic carbocycles. The van der Waals surface area contributed by atoms with E-state index < -0.39 is 64.3 Å². The van der Waals surface area contributed by atoms with Crippen molar-refractivity contribution in [3.05, 3.63) is 83.4 Å². The van der Waals surface area contributed by atoms with Gasteiger partial charge in [-0.2, -0.15) is 0 Å². The predicted octanol–water partition coefficient (Wildman–Crippen LogP) is 10.1. The maximum absolute atomic E-state index is 14.0. The summed E-state index contributed by atoms with van der Waals surface area (Å²) in [5.41, 5.74) is 0.736. The normalized spacial score (nSPS) is 16.3. The van der Waals surface area contributed by atoms with Gasteiger partial charge in [0.1, 0.15) is 24.5 Å². The second kappa shape index (κ2) is 29.2. The minimum Gasteiger partial charge on any atom is -0.494 e. The molecule has 2 fully saturated rings. The topological polar surface area (TPSA) is 181 Å². The van der Waals surface area contributed by atoms with Crippen LogP contribution in [0.2, 0.25) is 0 Å². The van der Waals surface area contributed by atoms with E-state index in [0.717, 1.165) is 55.2 Å². The largest absolute Gasteiger partial charge is 0.494 e. The number of esters is 2. The Morgan fingerprint density at radius 1 is 0.627 bits per heavy atom. The molecule has 410 valence electrons. The van der Waals surface area contributed by atoms with Gasteiger partial charge in [0.2, 0.25) is 17.3 Å². The Kier molecular flexibility index (Phi) is 23.2.